The van der Waals surface area contributed by atoms with Crippen molar-refractivity contribution in [2.45, 2.75) is 13.3 Å². The van der Waals surface area contributed by atoms with Crippen LogP contribution in [0.15, 0.2) is 24.5 Å². The van der Waals surface area contributed by atoms with Crippen LogP contribution in [0.5, 0.6) is 0 Å². The van der Waals surface area contributed by atoms with Crippen molar-refractivity contribution in [3.05, 3.63) is 29.4 Å². The highest BCUT2D eigenvalue weighted by molar-refractivity contribution is 7.18. The summed E-state index contributed by atoms with van der Waals surface area (Å²) < 4.78 is 0. The van der Waals surface area contributed by atoms with Crippen molar-refractivity contribution >= 4 is 27.4 Å². The highest BCUT2D eigenvalue weighted by atomic mass is 32.1. The van der Waals surface area contributed by atoms with E-state index in [1.54, 1.807) is 29.8 Å². The summed E-state index contributed by atoms with van der Waals surface area (Å²) in [4.78, 5) is 19.7. The molecule has 3 aromatic rings. The van der Waals surface area contributed by atoms with Gasteiger partial charge in [-0.1, -0.05) is 6.92 Å². The van der Waals surface area contributed by atoms with Crippen LogP contribution in [-0.2, 0) is 6.42 Å². The maximum atomic E-state index is 4.57. The Morgan fingerprint density at radius 1 is 1.16 bits per heavy atom. The van der Waals surface area contributed by atoms with E-state index in [1.807, 2.05) is 7.05 Å². The molecule has 0 unspecified atom stereocenters. The van der Waals surface area contributed by atoms with Gasteiger partial charge in [0.05, 0.1) is 5.39 Å². The topological polar surface area (TPSA) is 63.6 Å². The lowest BCUT2D eigenvalue weighted by Gasteiger charge is -2.03. The standard InChI is InChI=1S/C13H13N5S/c1-3-8-7-9-10(14-2)17-12(18-13(9)19-8)11-15-5-4-6-16-11/h4-7H,3H2,1-2H3,(H,14,17,18). The number of thiophene rings is 1. The van der Waals surface area contributed by atoms with Crippen LogP contribution in [-0.4, -0.2) is 27.0 Å². The van der Waals surface area contributed by atoms with E-state index in [2.05, 4.69) is 38.2 Å². The summed E-state index contributed by atoms with van der Waals surface area (Å²) in [6.45, 7) is 2.14. The van der Waals surface area contributed by atoms with E-state index < -0.39 is 0 Å². The fourth-order valence-corrected chi connectivity index (χ4v) is 2.82. The molecule has 0 fully saturated rings. The van der Waals surface area contributed by atoms with Gasteiger partial charge in [0, 0.05) is 24.3 Å². The predicted molar refractivity (Wildman–Crippen MR) is 77.4 cm³/mol. The van der Waals surface area contributed by atoms with Crippen LogP contribution in [0.3, 0.4) is 0 Å². The second-order valence-corrected chi connectivity index (χ2v) is 5.12. The molecule has 1 N–H and O–H groups in total. The maximum absolute atomic E-state index is 4.57. The van der Waals surface area contributed by atoms with Gasteiger partial charge < -0.3 is 5.32 Å². The Labute approximate surface area is 114 Å². The molecule has 3 rings (SSSR count). The van der Waals surface area contributed by atoms with Gasteiger partial charge in [-0.25, -0.2) is 19.9 Å². The van der Waals surface area contributed by atoms with Crippen LogP contribution in [0.4, 0.5) is 5.82 Å². The fraction of sp³-hybridized carbons (Fsp3) is 0.231. The Kier molecular flexibility index (Phi) is 3.08. The summed E-state index contributed by atoms with van der Waals surface area (Å²) in [7, 11) is 1.86. The van der Waals surface area contributed by atoms with Crippen molar-refractivity contribution in [2.75, 3.05) is 12.4 Å². The lowest BCUT2D eigenvalue weighted by atomic mass is 10.3. The Balaban J connectivity index is 2.22. The second kappa shape index (κ2) is 4.89. The molecule has 0 spiro atoms. The second-order valence-electron chi connectivity index (χ2n) is 4.00. The number of hydrogen-bond acceptors (Lipinski definition) is 6. The van der Waals surface area contributed by atoms with Crippen LogP contribution in [0.2, 0.25) is 0 Å². The highest BCUT2D eigenvalue weighted by Gasteiger charge is 2.12. The molecular formula is C13H13N5S. The highest BCUT2D eigenvalue weighted by Crippen LogP contribution is 2.30. The van der Waals surface area contributed by atoms with Gasteiger partial charge in [0.15, 0.2) is 5.82 Å². The maximum Gasteiger partial charge on any atom is 0.201 e. The molecular weight excluding hydrogens is 258 g/mol. The Bertz CT molecular complexity index is 708. The summed E-state index contributed by atoms with van der Waals surface area (Å²) >= 11 is 1.69. The number of aryl methyl sites for hydroxylation is 1. The van der Waals surface area contributed by atoms with Crippen LogP contribution in [0.1, 0.15) is 11.8 Å². The molecule has 0 radical (unpaired) electrons. The molecule has 0 aliphatic heterocycles. The third kappa shape index (κ3) is 2.15. The van der Waals surface area contributed by atoms with E-state index in [0.717, 1.165) is 22.5 Å². The van der Waals surface area contributed by atoms with E-state index in [-0.39, 0.29) is 0 Å². The molecule has 0 bridgehead atoms. The molecule has 96 valence electrons. The molecule has 0 saturated carbocycles. The molecule has 0 atom stereocenters. The van der Waals surface area contributed by atoms with Crippen LogP contribution in [0.25, 0.3) is 21.9 Å². The van der Waals surface area contributed by atoms with Crippen molar-refractivity contribution in [2.24, 2.45) is 0 Å². The summed E-state index contributed by atoms with van der Waals surface area (Å²) in [5.41, 5.74) is 0. The summed E-state index contributed by atoms with van der Waals surface area (Å²) in [5, 5.41) is 4.18. The molecule has 0 aromatic carbocycles. The largest absolute Gasteiger partial charge is 0.372 e. The number of nitrogens with one attached hydrogen (secondary N) is 1. The van der Waals surface area contributed by atoms with Gasteiger partial charge in [-0.05, 0) is 18.6 Å². The number of fused-ring (bicyclic) bond motifs is 1. The third-order valence-corrected chi connectivity index (χ3v) is 3.97. The van der Waals surface area contributed by atoms with Crippen molar-refractivity contribution in [3.63, 3.8) is 0 Å². The Morgan fingerprint density at radius 2 is 1.95 bits per heavy atom. The molecule has 3 aromatic heterocycles. The first kappa shape index (κ1) is 12.0. The molecule has 0 aliphatic rings. The zero-order valence-corrected chi connectivity index (χ0v) is 11.5. The first-order valence-corrected chi connectivity index (χ1v) is 6.89. The Morgan fingerprint density at radius 3 is 2.63 bits per heavy atom. The van der Waals surface area contributed by atoms with Crippen LogP contribution in [0, 0.1) is 0 Å². The monoisotopic (exact) mass is 271 g/mol. The molecule has 3 heterocycles. The smallest absolute Gasteiger partial charge is 0.201 e. The van der Waals surface area contributed by atoms with Crippen molar-refractivity contribution in [1.82, 2.24) is 19.9 Å². The Hall–Kier alpha value is -2.08. The summed E-state index contributed by atoms with van der Waals surface area (Å²) in [5.74, 6) is 1.93. The molecule has 0 amide bonds. The minimum Gasteiger partial charge on any atom is -0.372 e. The first-order valence-electron chi connectivity index (χ1n) is 6.07. The molecule has 6 heteroatoms. The van der Waals surface area contributed by atoms with Gasteiger partial charge in [0.2, 0.25) is 5.82 Å². The lowest BCUT2D eigenvalue weighted by Crippen LogP contribution is -1.99. The van der Waals surface area contributed by atoms with Crippen molar-refractivity contribution in [3.8, 4) is 11.6 Å². The summed E-state index contributed by atoms with van der Waals surface area (Å²) in [6, 6.07) is 3.92. The van der Waals surface area contributed by atoms with E-state index in [1.165, 1.54) is 4.88 Å². The van der Waals surface area contributed by atoms with Gasteiger partial charge >= 0.3 is 0 Å². The van der Waals surface area contributed by atoms with E-state index in [9.17, 15) is 0 Å². The van der Waals surface area contributed by atoms with Gasteiger partial charge in [0.1, 0.15) is 10.6 Å². The quantitative estimate of drug-likeness (QED) is 0.793. The van der Waals surface area contributed by atoms with Gasteiger partial charge in [-0.2, -0.15) is 0 Å². The average molecular weight is 271 g/mol. The normalized spacial score (nSPS) is 10.8. The van der Waals surface area contributed by atoms with Crippen molar-refractivity contribution in [1.29, 1.82) is 0 Å². The zero-order valence-electron chi connectivity index (χ0n) is 10.7. The molecule has 0 aliphatic carbocycles. The number of nitrogens with zero attached hydrogens (tertiary/aromatic N) is 4. The average Bonchev–Trinajstić information content (AvgIpc) is 2.90. The van der Waals surface area contributed by atoms with E-state index >= 15 is 0 Å². The first-order chi connectivity index (χ1) is 9.31. The van der Waals surface area contributed by atoms with Gasteiger partial charge in [-0.15, -0.1) is 11.3 Å². The number of aromatic nitrogens is 4. The van der Waals surface area contributed by atoms with Crippen LogP contribution < -0.4 is 5.32 Å². The minimum absolute atomic E-state index is 0.548. The van der Waals surface area contributed by atoms with Crippen molar-refractivity contribution < 1.29 is 0 Å². The minimum atomic E-state index is 0.548. The fourth-order valence-electron chi connectivity index (χ4n) is 1.85. The molecule has 19 heavy (non-hydrogen) atoms. The SMILES string of the molecule is CCc1cc2c(NC)nc(-c3ncccn3)nc2s1. The number of hydrogen-bond donors (Lipinski definition) is 1. The van der Waals surface area contributed by atoms with Gasteiger partial charge in [-0.3, -0.25) is 0 Å². The summed E-state index contributed by atoms with van der Waals surface area (Å²) in [6.07, 6.45) is 4.39. The van der Waals surface area contributed by atoms with Gasteiger partial charge in [0.25, 0.3) is 0 Å². The van der Waals surface area contributed by atoms with E-state index in [4.69, 9.17) is 0 Å². The third-order valence-electron chi connectivity index (χ3n) is 2.79. The predicted octanol–water partition coefficient (Wildman–Crippen LogP) is 2.75. The molecule has 5 nitrogen and oxygen atoms in total. The number of anilines is 1. The zero-order chi connectivity index (χ0) is 13.2. The van der Waals surface area contributed by atoms with Crippen LogP contribution >= 0.6 is 11.3 Å². The lowest BCUT2D eigenvalue weighted by molar-refractivity contribution is 1.10. The number of rotatable bonds is 3. The molecule has 0 saturated heterocycles. The van der Waals surface area contributed by atoms with E-state index in [0.29, 0.717) is 11.6 Å².